The van der Waals surface area contributed by atoms with Crippen LogP contribution in [0.4, 0.5) is 13.2 Å². The first-order chi connectivity index (χ1) is 8.04. The van der Waals surface area contributed by atoms with Gasteiger partial charge in [0, 0.05) is 0 Å². The van der Waals surface area contributed by atoms with Gasteiger partial charge in [-0.1, -0.05) is 32.4 Å². The molecular weight excluding hydrogens is 225 g/mol. The van der Waals surface area contributed by atoms with Crippen LogP contribution in [-0.2, 0) is 0 Å². The molecule has 3 heteroatoms. The molecule has 1 aliphatic carbocycles. The standard InChI is InChI=1S/C14H19F3/c1-10-3-5-12(6-4-10)13(9-15)7-8-14(17)11(2)16/h7-10,12,14H,2-6H2,1H3/b8-7?,13-9+. The van der Waals surface area contributed by atoms with Crippen molar-refractivity contribution < 1.29 is 13.2 Å². The molecular formula is C14H19F3. The molecule has 0 spiro atoms. The number of allylic oxidation sites excluding steroid dienone is 4. The average Bonchev–Trinajstić information content (AvgIpc) is 2.31. The van der Waals surface area contributed by atoms with Crippen molar-refractivity contribution in [1.82, 2.24) is 0 Å². The molecule has 0 aliphatic heterocycles. The van der Waals surface area contributed by atoms with Crippen LogP contribution in [0, 0.1) is 11.8 Å². The van der Waals surface area contributed by atoms with E-state index in [-0.39, 0.29) is 5.92 Å². The Bertz CT molecular complexity index is 309. The normalized spacial score (nSPS) is 28.4. The molecule has 0 amide bonds. The number of hydrogen-bond acceptors (Lipinski definition) is 0. The molecule has 1 fully saturated rings. The van der Waals surface area contributed by atoms with Crippen molar-refractivity contribution in [2.75, 3.05) is 0 Å². The van der Waals surface area contributed by atoms with E-state index in [4.69, 9.17) is 0 Å². The topological polar surface area (TPSA) is 0 Å². The summed E-state index contributed by atoms with van der Waals surface area (Å²) in [5.41, 5.74) is 0.459. The van der Waals surface area contributed by atoms with Crippen LogP contribution in [0.25, 0.3) is 0 Å². The van der Waals surface area contributed by atoms with Gasteiger partial charge in [0.15, 0.2) is 6.17 Å². The summed E-state index contributed by atoms with van der Waals surface area (Å²) in [6, 6.07) is 0. The minimum atomic E-state index is -1.84. The predicted octanol–water partition coefficient (Wildman–Crippen LogP) is 5.04. The molecule has 1 saturated carbocycles. The number of rotatable bonds is 4. The zero-order valence-electron chi connectivity index (χ0n) is 10.1. The highest BCUT2D eigenvalue weighted by molar-refractivity contribution is 5.23. The predicted molar refractivity (Wildman–Crippen MR) is 64.6 cm³/mol. The van der Waals surface area contributed by atoms with Crippen LogP contribution in [0.5, 0.6) is 0 Å². The molecule has 1 rings (SSSR count). The summed E-state index contributed by atoms with van der Waals surface area (Å²) in [5, 5.41) is 0. The van der Waals surface area contributed by atoms with Crippen molar-refractivity contribution in [3.8, 4) is 0 Å². The van der Waals surface area contributed by atoms with Crippen LogP contribution < -0.4 is 0 Å². The summed E-state index contributed by atoms with van der Waals surface area (Å²) in [5.74, 6) is -0.236. The Labute approximate surface area is 101 Å². The minimum Gasteiger partial charge on any atom is -0.235 e. The average molecular weight is 244 g/mol. The highest BCUT2D eigenvalue weighted by Gasteiger charge is 2.20. The number of hydrogen-bond donors (Lipinski definition) is 0. The molecule has 0 N–H and O–H groups in total. The molecule has 0 bridgehead atoms. The van der Waals surface area contributed by atoms with Crippen molar-refractivity contribution in [2.24, 2.45) is 11.8 Å². The molecule has 0 radical (unpaired) electrons. The number of halogens is 3. The molecule has 17 heavy (non-hydrogen) atoms. The van der Waals surface area contributed by atoms with Crippen molar-refractivity contribution in [2.45, 2.75) is 38.8 Å². The van der Waals surface area contributed by atoms with Gasteiger partial charge in [0.05, 0.1) is 6.33 Å². The van der Waals surface area contributed by atoms with Gasteiger partial charge in [0.1, 0.15) is 5.83 Å². The van der Waals surface area contributed by atoms with Gasteiger partial charge in [-0.3, -0.25) is 0 Å². The molecule has 0 aromatic rings. The van der Waals surface area contributed by atoms with Crippen LogP contribution in [-0.4, -0.2) is 6.17 Å². The van der Waals surface area contributed by atoms with Gasteiger partial charge >= 0.3 is 0 Å². The maximum Gasteiger partial charge on any atom is 0.169 e. The smallest absolute Gasteiger partial charge is 0.169 e. The second-order valence-electron chi connectivity index (χ2n) is 4.77. The van der Waals surface area contributed by atoms with Gasteiger partial charge in [-0.2, -0.15) is 0 Å². The van der Waals surface area contributed by atoms with E-state index in [0.29, 0.717) is 17.8 Å². The minimum absolute atomic E-state index is 0.132. The van der Waals surface area contributed by atoms with Gasteiger partial charge < -0.3 is 0 Å². The first-order valence-electron chi connectivity index (χ1n) is 6.01. The van der Waals surface area contributed by atoms with Crippen LogP contribution in [0.1, 0.15) is 32.6 Å². The Hall–Kier alpha value is -0.990. The van der Waals surface area contributed by atoms with Crippen molar-refractivity contribution >= 4 is 0 Å². The Balaban J connectivity index is 2.58. The zero-order chi connectivity index (χ0) is 12.8. The lowest BCUT2D eigenvalue weighted by atomic mass is 9.79. The third-order valence-corrected chi connectivity index (χ3v) is 3.37. The molecule has 96 valence electrons. The van der Waals surface area contributed by atoms with Gasteiger partial charge in [-0.05, 0) is 36.3 Å². The van der Waals surface area contributed by atoms with E-state index in [2.05, 4.69) is 13.5 Å². The molecule has 0 aromatic heterocycles. The summed E-state index contributed by atoms with van der Waals surface area (Å²) in [6.45, 7) is 5.05. The van der Waals surface area contributed by atoms with Crippen molar-refractivity contribution in [3.63, 3.8) is 0 Å². The van der Waals surface area contributed by atoms with Gasteiger partial charge in [0.25, 0.3) is 0 Å². The zero-order valence-corrected chi connectivity index (χ0v) is 10.1. The van der Waals surface area contributed by atoms with E-state index < -0.39 is 12.0 Å². The second-order valence-corrected chi connectivity index (χ2v) is 4.77. The molecule has 0 heterocycles. The largest absolute Gasteiger partial charge is 0.235 e. The van der Waals surface area contributed by atoms with Crippen LogP contribution in [0.15, 0.2) is 36.5 Å². The summed E-state index contributed by atoms with van der Waals surface area (Å²) in [6.07, 6.45) is 4.97. The molecule has 1 aliphatic rings. The lowest BCUT2D eigenvalue weighted by Crippen LogP contribution is -2.13. The summed E-state index contributed by atoms with van der Waals surface area (Å²) in [4.78, 5) is 0. The number of alkyl halides is 1. The maximum atomic E-state index is 12.9. The third kappa shape index (κ3) is 4.41. The Morgan fingerprint density at radius 3 is 2.35 bits per heavy atom. The molecule has 0 aromatic carbocycles. The highest BCUT2D eigenvalue weighted by Crippen LogP contribution is 2.33. The Kier molecular flexibility index (Phi) is 5.52. The van der Waals surface area contributed by atoms with Crippen LogP contribution in [0.3, 0.4) is 0 Å². The third-order valence-electron chi connectivity index (χ3n) is 3.37. The molecule has 1 unspecified atom stereocenters. The van der Waals surface area contributed by atoms with E-state index in [1.807, 2.05) is 0 Å². The molecule has 0 saturated heterocycles. The van der Waals surface area contributed by atoms with Gasteiger partial charge in [-0.25, -0.2) is 13.2 Å². The van der Waals surface area contributed by atoms with Crippen LogP contribution >= 0.6 is 0 Å². The first kappa shape index (κ1) is 14.1. The fourth-order valence-electron chi connectivity index (χ4n) is 2.15. The second kappa shape index (κ2) is 6.67. The maximum absolute atomic E-state index is 12.9. The fraction of sp³-hybridized carbons (Fsp3) is 0.571. The van der Waals surface area contributed by atoms with E-state index in [1.165, 1.54) is 6.08 Å². The summed E-state index contributed by atoms with van der Waals surface area (Å²) < 4.78 is 38.1. The van der Waals surface area contributed by atoms with Crippen molar-refractivity contribution in [1.29, 1.82) is 0 Å². The monoisotopic (exact) mass is 244 g/mol. The Morgan fingerprint density at radius 2 is 1.88 bits per heavy atom. The quantitative estimate of drug-likeness (QED) is 0.607. The van der Waals surface area contributed by atoms with Gasteiger partial charge in [-0.15, -0.1) is 0 Å². The summed E-state index contributed by atoms with van der Waals surface area (Å²) >= 11 is 0. The van der Waals surface area contributed by atoms with E-state index >= 15 is 0 Å². The lowest BCUT2D eigenvalue weighted by Gasteiger charge is -2.26. The van der Waals surface area contributed by atoms with Gasteiger partial charge in [0.2, 0.25) is 0 Å². The first-order valence-corrected chi connectivity index (χ1v) is 6.01. The van der Waals surface area contributed by atoms with E-state index in [0.717, 1.165) is 31.8 Å². The fourth-order valence-corrected chi connectivity index (χ4v) is 2.15. The lowest BCUT2D eigenvalue weighted by molar-refractivity contribution is 0.321. The highest BCUT2D eigenvalue weighted by atomic mass is 19.2. The summed E-state index contributed by atoms with van der Waals surface area (Å²) in [7, 11) is 0. The van der Waals surface area contributed by atoms with Crippen LogP contribution in [0.2, 0.25) is 0 Å². The van der Waals surface area contributed by atoms with Crippen molar-refractivity contribution in [3.05, 3.63) is 36.5 Å². The molecule has 1 atom stereocenters. The Morgan fingerprint density at radius 1 is 1.29 bits per heavy atom. The van der Waals surface area contributed by atoms with E-state index in [9.17, 15) is 13.2 Å². The molecule has 0 nitrogen and oxygen atoms in total. The SMILES string of the molecule is C=C(F)C(F)C=C/C(=C\F)C1CCC(C)CC1. The van der Waals surface area contributed by atoms with E-state index in [1.54, 1.807) is 0 Å².